The highest BCUT2D eigenvalue weighted by Crippen LogP contribution is 2.64. The van der Waals surface area contributed by atoms with Crippen molar-refractivity contribution in [2.24, 2.45) is 0 Å². The van der Waals surface area contributed by atoms with Gasteiger partial charge < -0.3 is 9.80 Å². The van der Waals surface area contributed by atoms with Crippen LogP contribution in [0.25, 0.3) is 77.9 Å². The maximum atomic E-state index is 2.71. The summed E-state index contributed by atoms with van der Waals surface area (Å²) in [5.41, 5.74) is 55.6. The molecule has 0 saturated carbocycles. The quantitative estimate of drug-likeness (QED) is 0.0351. The number of unbranched alkanes of at least 4 members (excludes halogenated alkanes) is 22. The molecule has 0 saturated heterocycles. The Morgan fingerprint density at radius 2 is 0.420 bits per heavy atom. The van der Waals surface area contributed by atoms with Crippen LogP contribution in [-0.2, 0) is 60.2 Å². The molecule has 0 fully saturated rings. The molecule has 0 aromatic heterocycles. The van der Waals surface area contributed by atoms with E-state index in [-0.39, 0.29) is 10.8 Å². The first-order chi connectivity index (χ1) is 73.7. The second-order valence-electron chi connectivity index (χ2n) is 46.3. The minimum absolute atomic E-state index is 0.159. The lowest BCUT2D eigenvalue weighted by atomic mass is 9.65. The lowest BCUT2D eigenvalue weighted by molar-refractivity contribution is 0.398. The first-order valence-corrected chi connectivity index (χ1v) is 59.2. The predicted octanol–water partition coefficient (Wildman–Crippen LogP) is 42.0. The van der Waals surface area contributed by atoms with Gasteiger partial charge in [-0.2, -0.15) is 0 Å². The fourth-order valence-electron chi connectivity index (χ4n) is 28.0. The molecule has 22 rings (SSSR count). The van der Waals surface area contributed by atoms with E-state index in [0.29, 0.717) is 0 Å². The Balaban J connectivity index is 0.622. The second-order valence-corrected chi connectivity index (χ2v) is 46.3. The van der Waals surface area contributed by atoms with Crippen LogP contribution in [-0.4, -0.2) is 0 Å². The monoisotopic (exact) mass is 1970 g/mol. The molecule has 762 valence electrons. The molecule has 0 heterocycles. The van der Waals surface area contributed by atoms with Crippen LogP contribution in [0.5, 0.6) is 0 Å². The molecule has 6 aliphatic carbocycles. The third-order valence-corrected chi connectivity index (χ3v) is 36.5. The number of hydrogen-bond donors (Lipinski definition) is 0. The lowest BCUT2D eigenvalue weighted by Gasteiger charge is -2.37. The zero-order chi connectivity index (χ0) is 102. The zero-order valence-electron chi connectivity index (χ0n) is 91.9. The highest BCUT2D eigenvalue weighted by atomic mass is 15.1. The minimum Gasteiger partial charge on any atom is -0.310 e. The van der Waals surface area contributed by atoms with Gasteiger partial charge in [-0.05, 0) is 380 Å². The summed E-state index contributed by atoms with van der Waals surface area (Å²) in [6.07, 6.45) is 46.4. The molecule has 0 bridgehead atoms. The summed E-state index contributed by atoms with van der Waals surface area (Å²) in [4.78, 5) is 5.17. The van der Waals surface area contributed by atoms with Crippen LogP contribution in [0.3, 0.4) is 0 Å². The van der Waals surface area contributed by atoms with Gasteiger partial charge in [-0.1, -0.05) is 461 Å². The Kier molecular flexibility index (Phi) is 30.5. The van der Waals surface area contributed by atoms with Gasteiger partial charge in [0.2, 0.25) is 0 Å². The van der Waals surface area contributed by atoms with E-state index in [9.17, 15) is 0 Å². The van der Waals surface area contributed by atoms with E-state index in [4.69, 9.17) is 0 Å². The van der Waals surface area contributed by atoms with Crippen LogP contribution >= 0.6 is 0 Å². The van der Waals surface area contributed by atoms with Crippen molar-refractivity contribution in [2.75, 3.05) is 9.80 Å². The SMILES string of the molecule is CCCCCCCCC1(CCCCCCCC)c2cc(N(c3ccc(C)cc3)c3ccc(-c4ccc5c(c4)C(CCCCCC)(CCCCCC)c4cc(-c6ccc7c(c6)C(c6ccc(CCCCCC)cc6)(c6ccc(CCCCCC)cc6)c6cc(C)ccc6-7)ccc4-5)cc3)ccc2-c2ccc(N(c3ccc(C)cc3)c3ccc(-c4ccc5c(c4)C(c4ccc6c(c4)CC6)(c4ccc6c(c4)CC6)c4cc(C)ccc4-5)cc3)cc21. The summed E-state index contributed by atoms with van der Waals surface area (Å²) in [7, 11) is 0. The van der Waals surface area contributed by atoms with Gasteiger partial charge in [0.1, 0.15) is 0 Å². The number of hydrogen-bond acceptors (Lipinski definition) is 2. The van der Waals surface area contributed by atoms with Gasteiger partial charge in [0, 0.05) is 45.0 Å². The minimum atomic E-state index is -0.514. The topological polar surface area (TPSA) is 6.48 Å². The van der Waals surface area contributed by atoms with Crippen LogP contribution in [0.4, 0.5) is 34.1 Å². The van der Waals surface area contributed by atoms with E-state index in [0.717, 1.165) is 57.1 Å². The van der Waals surface area contributed by atoms with E-state index < -0.39 is 10.8 Å². The maximum absolute atomic E-state index is 2.71. The smallest absolute Gasteiger partial charge is 0.0714 e. The van der Waals surface area contributed by atoms with Crippen molar-refractivity contribution < 1.29 is 0 Å². The summed E-state index contributed by atoms with van der Waals surface area (Å²) in [6, 6.07) is 134. The van der Waals surface area contributed by atoms with Gasteiger partial charge in [-0.25, -0.2) is 0 Å². The van der Waals surface area contributed by atoms with Crippen molar-refractivity contribution in [3.8, 4) is 77.9 Å². The molecule has 150 heavy (non-hydrogen) atoms. The number of aryl methyl sites for hydroxylation is 10. The van der Waals surface area contributed by atoms with Gasteiger partial charge in [-0.15, -0.1) is 0 Å². The molecule has 0 radical (unpaired) electrons. The molecule has 0 spiro atoms. The Hall–Kier alpha value is -12.9. The highest BCUT2D eigenvalue weighted by Gasteiger charge is 2.51. The van der Waals surface area contributed by atoms with Crippen molar-refractivity contribution in [1.82, 2.24) is 0 Å². The maximum Gasteiger partial charge on any atom is 0.0714 e. The standard InChI is InChI=1S/C148H160N2/c1-11-17-23-29-31-37-91-146(92-38-32-30-24-18-12-2)139-101-127(79-87-131(139)132-88-80-128(102-140(132)146)150(124-73-43-104(8)44-74-124)126-77-59-112(60-78-126)116-62-85-136-134-82-46-106(10)94-142(134)148(144(136)99-116,121-69-55-109-51-53-113(109)95-121)122-70-56-110-52-54-114(110)96-122)149(123-71-41-103(7)42-72-123)125-75-57-111(58-76-125)115-61-83-129-130-84-63-117(98-138(130)145(137(129)97-115,89-35-27-21-15-5)90-36-28-22-16-6)118-64-86-135-133-81-45-105(9)93-141(133)147(143(135)100-118,119-65-47-107(48-66-119)39-33-25-19-13-3)120-67-49-108(50-68-120)40-34-26-20-14-4/h41-50,55-88,93-102H,11-40,51-54,89-92H2,1-10H3. The van der Waals surface area contributed by atoms with Gasteiger partial charge in [0.05, 0.1) is 10.8 Å². The largest absolute Gasteiger partial charge is 0.310 e. The molecule has 2 heteroatoms. The van der Waals surface area contributed by atoms with E-state index in [1.807, 2.05) is 0 Å². The van der Waals surface area contributed by atoms with Crippen LogP contribution in [0.2, 0.25) is 0 Å². The van der Waals surface area contributed by atoms with Crippen LogP contribution in [0.1, 0.15) is 369 Å². The second kappa shape index (κ2) is 45.0. The normalized spacial score (nSPS) is 14.3. The van der Waals surface area contributed by atoms with Gasteiger partial charge in [0.25, 0.3) is 0 Å². The molecule has 16 aromatic carbocycles. The third-order valence-electron chi connectivity index (χ3n) is 36.5. The Morgan fingerprint density at radius 3 is 0.753 bits per heavy atom. The highest BCUT2D eigenvalue weighted by molar-refractivity contribution is 5.95. The molecule has 0 aliphatic heterocycles. The van der Waals surface area contributed by atoms with Gasteiger partial charge >= 0.3 is 0 Å². The summed E-state index contributed by atoms with van der Waals surface area (Å²) in [5.74, 6) is 0. The molecular formula is C148H160N2. The number of nitrogens with zero attached hydrogens (tertiary/aromatic N) is 2. The van der Waals surface area contributed by atoms with E-state index in [1.165, 1.54) is 421 Å². The Morgan fingerprint density at radius 1 is 0.180 bits per heavy atom. The van der Waals surface area contributed by atoms with Crippen molar-refractivity contribution in [2.45, 2.75) is 335 Å². The summed E-state index contributed by atoms with van der Waals surface area (Å²) in [5, 5.41) is 0. The summed E-state index contributed by atoms with van der Waals surface area (Å²) in [6.45, 7) is 23.2. The molecule has 2 nitrogen and oxygen atoms in total. The number of anilines is 6. The molecule has 0 N–H and O–H groups in total. The van der Waals surface area contributed by atoms with Crippen LogP contribution < -0.4 is 9.80 Å². The van der Waals surface area contributed by atoms with Crippen molar-refractivity contribution in [1.29, 1.82) is 0 Å². The molecule has 6 aliphatic rings. The number of benzene rings is 16. The van der Waals surface area contributed by atoms with E-state index in [2.05, 4.69) is 407 Å². The lowest BCUT2D eigenvalue weighted by Crippen LogP contribution is -2.30. The summed E-state index contributed by atoms with van der Waals surface area (Å²) < 4.78 is 0. The molecule has 0 amide bonds. The van der Waals surface area contributed by atoms with E-state index >= 15 is 0 Å². The van der Waals surface area contributed by atoms with Gasteiger partial charge in [0.15, 0.2) is 0 Å². The number of rotatable bonds is 47. The first-order valence-electron chi connectivity index (χ1n) is 59.2. The molecular weight excluding hydrogens is 1810 g/mol. The molecule has 16 aromatic rings. The predicted molar refractivity (Wildman–Crippen MR) is 642 cm³/mol. The van der Waals surface area contributed by atoms with Crippen LogP contribution in [0, 0.1) is 27.7 Å². The average molecular weight is 1970 g/mol. The summed E-state index contributed by atoms with van der Waals surface area (Å²) >= 11 is 0. The van der Waals surface area contributed by atoms with Crippen molar-refractivity contribution in [3.05, 3.63) is 450 Å². The van der Waals surface area contributed by atoms with Gasteiger partial charge in [-0.3, -0.25) is 0 Å². The fraction of sp³-hybridized carbons (Fsp3) is 0.351. The average Bonchev–Trinajstić information content (AvgIpc) is 1.52. The first kappa shape index (κ1) is 102. The van der Waals surface area contributed by atoms with Crippen molar-refractivity contribution in [3.63, 3.8) is 0 Å². The zero-order valence-corrected chi connectivity index (χ0v) is 91.9. The molecule has 0 atom stereocenters. The third kappa shape index (κ3) is 19.3. The van der Waals surface area contributed by atoms with E-state index in [1.54, 1.807) is 0 Å². The number of fused-ring (bicyclic) bond motifs is 14. The fourth-order valence-corrected chi connectivity index (χ4v) is 28.0. The Bertz CT molecular complexity index is 7340. The van der Waals surface area contributed by atoms with Crippen molar-refractivity contribution >= 4 is 34.1 Å². The van der Waals surface area contributed by atoms with Crippen LogP contribution in [0.15, 0.2) is 328 Å². The Labute approximate surface area is 900 Å². The molecule has 0 unspecified atom stereocenters.